The Kier molecular flexibility index (Phi) is 5.08. The first kappa shape index (κ1) is 16.8. The van der Waals surface area contributed by atoms with Crippen LogP contribution in [0.15, 0.2) is 18.2 Å². The van der Waals surface area contributed by atoms with Gasteiger partial charge < -0.3 is 14.6 Å². The number of hydrogen-bond donors (Lipinski definition) is 1. The van der Waals surface area contributed by atoms with Crippen molar-refractivity contribution in [3.8, 4) is 5.75 Å². The Balaban J connectivity index is 2.14. The van der Waals surface area contributed by atoms with Crippen LogP contribution < -0.4 is 4.74 Å². The molecular formula is C17H25NO4. The van der Waals surface area contributed by atoms with Gasteiger partial charge in [-0.05, 0) is 22.6 Å². The molecule has 0 aliphatic carbocycles. The van der Waals surface area contributed by atoms with E-state index >= 15 is 0 Å². The van der Waals surface area contributed by atoms with Gasteiger partial charge in [-0.25, -0.2) is 4.79 Å². The molecule has 2 rings (SSSR count). The van der Waals surface area contributed by atoms with Crippen molar-refractivity contribution in [3.05, 3.63) is 29.3 Å². The van der Waals surface area contributed by atoms with Gasteiger partial charge in [0, 0.05) is 19.6 Å². The van der Waals surface area contributed by atoms with E-state index in [1.54, 1.807) is 7.11 Å². The molecule has 1 fully saturated rings. The van der Waals surface area contributed by atoms with Crippen LogP contribution in [0.5, 0.6) is 5.75 Å². The largest absolute Gasteiger partial charge is 0.496 e. The van der Waals surface area contributed by atoms with Crippen LogP contribution in [-0.4, -0.2) is 48.9 Å². The van der Waals surface area contributed by atoms with E-state index in [1.807, 2.05) is 12.1 Å². The number of nitrogens with zero attached hydrogens (tertiary/aromatic N) is 1. The Morgan fingerprint density at radius 1 is 1.45 bits per heavy atom. The van der Waals surface area contributed by atoms with Crippen LogP contribution in [0.3, 0.4) is 0 Å². The second kappa shape index (κ2) is 6.67. The smallest absolute Gasteiger partial charge is 0.334 e. The Hall–Kier alpha value is -1.59. The Morgan fingerprint density at radius 3 is 2.77 bits per heavy atom. The van der Waals surface area contributed by atoms with Gasteiger partial charge in [-0.3, -0.25) is 4.90 Å². The average molecular weight is 307 g/mol. The minimum absolute atomic E-state index is 0.00401. The number of ether oxygens (including phenoxy) is 2. The highest BCUT2D eigenvalue weighted by molar-refractivity contribution is 5.72. The predicted octanol–water partition coefficient (Wildman–Crippen LogP) is 2.28. The summed E-state index contributed by atoms with van der Waals surface area (Å²) in [6, 6.07) is 6.19. The molecule has 0 spiro atoms. The molecule has 1 aliphatic heterocycles. The molecule has 0 saturated carbocycles. The molecule has 0 amide bonds. The highest BCUT2D eigenvalue weighted by atomic mass is 16.5. The first-order chi connectivity index (χ1) is 10.3. The standard InChI is InChI=1S/C17H25NO4/c1-17(2,3)13-9-12(5-6-14(13)21-4)10-18-7-8-22-15(11-18)16(19)20/h5-6,9,15H,7-8,10-11H2,1-4H3,(H,19,20). The van der Waals surface area contributed by atoms with Crippen LogP contribution in [0, 0.1) is 0 Å². The highest BCUT2D eigenvalue weighted by Crippen LogP contribution is 2.32. The topological polar surface area (TPSA) is 59.0 Å². The summed E-state index contributed by atoms with van der Waals surface area (Å²) in [7, 11) is 1.68. The monoisotopic (exact) mass is 307 g/mol. The van der Waals surface area contributed by atoms with Crippen LogP contribution in [0.4, 0.5) is 0 Å². The lowest BCUT2D eigenvalue weighted by atomic mass is 9.85. The molecule has 122 valence electrons. The quantitative estimate of drug-likeness (QED) is 0.925. The van der Waals surface area contributed by atoms with Gasteiger partial charge in [0.05, 0.1) is 13.7 Å². The van der Waals surface area contributed by atoms with Gasteiger partial charge >= 0.3 is 5.97 Å². The van der Waals surface area contributed by atoms with Crippen molar-refractivity contribution in [3.63, 3.8) is 0 Å². The molecule has 0 radical (unpaired) electrons. The second-order valence-corrected chi connectivity index (χ2v) is 6.72. The first-order valence-electron chi connectivity index (χ1n) is 7.55. The van der Waals surface area contributed by atoms with E-state index in [4.69, 9.17) is 14.6 Å². The number of morpholine rings is 1. The Bertz CT molecular complexity index is 536. The fraction of sp³-hybridized carbons (Fsp3) is 0.588. The zero-order valence-electron chi connectivity index (χ0n) is 13.8. The normalized spacial score (nSPS) is 19.9. The summed E-state index contributed by atoms with van der Waals surface area (Å²) < 4.78 is 10.7. The Morgan fingerprint density at radius 2 is 2.18 bits per heavy atom. The van der Waals surface area contributed by atoms with Crippen molar-refractivity contribution in [1.29, 1.82) is 0 Å². The maximum atomic E-state index is 11.1. The summed E-state index contributed by atoms with van der Waals surface area (Å²) in [4.78, 5) is 13.2. The van der Waals surface area contributed by atoms with Crippen molar-refractivity contribution in [1.82, 2.24) is 4.90 Å². The zero-order chi connectivity index (χ0) is 16.3. The van der Waals surface area contributed by atoms with E-state index < -0.39 is 12.1 Å². The van der Waals surface area contributed by atoms with E-state index in [0.717, 1.165) is 30.0 Å². The fourth-order valence-electron chi connectivity index (χ4n) is 2.69. The van der Waals surface area contributed by atoms with E-state index in [2.05, 4.69) is 31.7 Å². The summed E-state index contributed by atoms with van der Waals surface area (Å²) >= 11 is 0. The van der Waals surface area contributed by atoms with Gasteiger partial charge in [-0.15, -0.1) is 0 Å². The number of rotatable bonds is 4. The van der Waals surface area contributed by atoms with Crippen LogP contribution in [0.25, 0.3) is 0 Å². The third kappa shape index (κ3) is 3.99. The highest BCUT2D eigenvalue weighted by Gasteiger charge is 2.26. The molecule has 1 aliphatic rings. The number of methoxy groups -OCH3 is 1. The van der Waals surface area contributed by atoms with Crippen LogP contribution in [-0.2, 0) is 21.5 Å². The van der Waals surface area contributed by atoms with E-state index in [-0.39, 0.29) is 5.41 Å². The lowest BCUT2D eigenvalue weighted by molar-refractivity contribution is -0.156. The summed E-state index contributed by atoms with van der Waals surface area (Å²) in [6.07, 6.45) is -0.728. The molecule has 1 saturated heterocycles. The number of carboxylic acids is 1. The molecule has 1 unspecified atom stereocenters. The van der Waals surface area contributed by atoms with Crippen LogP contribution in [0.1, 0.15) is 31.9 Å². The molecule has 1 atom stereocenters. The lowest BCUT2D eigenvalue weighted by Gasteiger charge is -2.31. The number of carbonyl (C=O) groups is 1. The predicted molar refractivity (Wildman–Crippen MR) is 84.3 cm³/mol. The minimum Gasteiger partial charge on any atom is -0.496 e. The number of hydrogen-bond acceptors (Lipinski definition) is 4. The zero-order valence-corrected chi connectivity index (χ0v) is 13.8. The number of carboxylic acid groups (broad SMARTS) is 1. The molecule has 1 heterocycles. The van der Waals surface area contributed by atoms with Crippen molar-refractivity contribution in [2.45, 2.75) is 38.8 Å². The maximum absolute atomic E-state index is 11.1. The summed E-state index contributed by atoms with van der Waals surface area (Å²) in [6.45, 7) is 8.82. The van der Waals surface area contributed by atoms with Crippen molar-refractivity contribution in [2.75, 3.05) is 26.8 Å². The average Bonchev–Trinajstić information content (AvgIpc) is 2.46. The maximum Gasteiger partial charge on any atom is 0.334 e. The van der Waals surface area contributed by atoms with Gasteiger partial charge in [-0.1, -0.05) is 32.9 Å². The van der Waals surface area contributed by atoms with Crippen molar-refractivity contribution in [2.24, 2.45) is 0 Å². The third-order valence-corrected chi connectivity index (χ3v) is 3.90. The van der Waals surface area contributed by atoms with Crippen molar-refractivity contribution >= 4 is 5.97 Å². The molecule has 1 aromatic rings. The summed E-state index contributed by atoms with van der Waals surface area (Å²) in [5.74, 6) is -0.00329. The van der Waals surface area contributed by atoms with Gasteiger partial charge in [0.2, 0.25) is 0 Å². The third-order valence-electron chi connectivity index (χ3n) is 3.90. The first-order valence-corrected chi connectivity index (χ1v) is 7.55. The minimum atomic E-state index is -0.894. The molecule has 0 bridgehead atoms. The summed E-state index contributed by atoms with van der Waals surface area (Å²) in [5, 5.41) is 9.07. The van der Waals surface area contributed by atoms with E-state index in [1.165, 1.54) is 0 Å². The molecule has 22 heavy (non-hydrogen) atoms. The SMILES string of the molecule is COc1ccc(CN2CCOC(C(=O)O)C2)cc1C(C)(C)C. The molecule has 1 aromatic carbocycles. The molecule has 5 heteroatoms. The van der Waals surface area contributed by atoms with Gasteiger partial charge in [0.25, 0.3) is 0 Å². The van der Waals surface area contributed by atoms with Gasteiger partial charge in [0.1, 0.15) is 5.75 Å². The van der Waals surface area contributed by atoms with Gasteiger partial charge in [0.15, 0.2) is 6.10 Å². The molecule has 5 nitrogen and oxygen atoms in total. The lowest BCUT2D eigenvalue weighted by Crippen LogP contribution is -2.45. The van der Waals surface area contributed by atoms with Crippen LogP contribution >= 0.6 is 0 Å². The van der Waals surface area contributed by atoms with Gasteiger partial charge in [-0.2, -0.15) is 0 Å². The number of benzene rings is 1. The fourth-order valence-corrected chi connectivity index (χ4v) is 2.69. The second-order valence-electron chi connectivity index (χ2n) is 6.72. The number of aliphatic carboxylic acids is 1. The molecule has 1 N–H and O–H groups in total. The van der Waals surface area contributed by atoms with E-state index in [0.29, 0.717) is 13.2 Å². The van der Waals surface area contributed by atoms with E-state index in [9.17, 15) is 4.79 Å². The Labute approximate surface area is 131 Å². The summed E-state index contributed by atoms with van der Waals surface area (Å²) in [5.41, 5.74) is 2.32. The van der Waals surface area contributed by atoms with Crippen molar-refractivity contribution < 1.29 is 19.4 Å². The van der Waals surface area contributed by atoms with Crippen LogP contribution in [0.2, 0.25) is 0 Å². The molecule has 0 aromatic heterocycles. The molecular weight excluding hydrogens is 282 g/mol.